The van der Waals surface area contributed by atoms with Crippen molar-refractivity contribution in [2.24, 2.45) is 7.05 Å². The fourth-order valence-corrected chi connectivity index (χ4v) is 5.27. The van der Waals surface area contributed by atoms with Gasteiger partial charge in [0, 0.05) is 42.6 Å². The van der Waals surface area contributed by atoms with Gasteiger partial charge < -0.3 is 4.57 Å². The Bertz CT molecular complexity index is 1270. The predicted molar refractivity (Wildman–Crippen MR) is 137 cm³/mol. The van der Waals surface area contributed by atoms with Gasteiger partial charge in [-0.25, -0.2) is 0 Å². The Hall–Kier alpha value is -3.22. The Kier molecular flexibility index (Phi) is 6.88. The molecule has 0 saturated carbocycles. The standard InChI is InChI=1S/C28H28N4OS/c1-31-27(23-11-6-3-7-12-23)29-30-28(31)34-18-8-16-32-17-15-21-13-14-24(19-25(21)20-32)26(33)22-9-4-2-5-10-22/h2-7,9-14,19H,8,15-18,20H2,1H3. The summed E-state index contributed by atoms with van der Waals surface area (Å²) < 4.78 is 2.07. The molecule has 0 spiro atoms. The summed E-state index contributed by atoms with van der Waals surface area (Å²) in [6.07, 6.45) is 2.11. The van der Waals surface area contributed by atoms with Crippen LogP contribution in [0, 0.1) is 0 Å². The van der Waals surface area contributed by atoms with Gasteiger partial charge in [0.05, 0.1) is 0 Å². The first-order valence-corrected chi connectivity index (χ1v) is 12.7. The minimum absolute atomic E-state index is 0.0930. The van der Waals surface area contributed by atoms with Crippen LogP contribution in [-0.4, -0.2) is 44.3 Å². The van der Waals surface area contributed by atoms with Gasteiger partial charge >= 0.3 is 0 Å². The van der Waals surface area contributed by atoms with Crippen LogP contribution in [0.1, 0.15) is 33.5 Å². The molecule has 3 aromatic carbocycles. The van der Waals surface area contributed by atoms with Crippen molar-refractivity contribution < 1.29 is 4.79 Å². The molecule has 0 atom stereocenters. The maximum absolute atomic E-state index is 12.8. The summed E-state index contributed by atoms with van der Waals surface area (Å²) in [5.74, 6) is 1.99. The smallest absolute Gasteiger partial charge is 0.193 e. The van der Waals surface area contributed by atoms with E-state index < -0.39 is 0 Å². The second kappa shape index (κ2) is 10.4. The van der Waals surface area contributed by atoms with Crippen molar-refractivity contribution in [2.75, 3.05) is 18.8 Å². The van der Waals surface area contributed by atoms with Crippen LogP contribution >= 0.6 is 11.8 Å². The van der Waals surface area contributed by atoms with Gasteiger partial charge in [0.15, 0.2) is 16.8 Å². The Morgan fingerprint density at radius 2 is 1.68 bits per heavy atom. The largest absolute Gasteiger partial charge is 0.305 e. The van der Waals surface area contributed by atoms with Crippen LogP contribution in [0.15, 0.2) is 84.0 Å². The first-order valence-electron chi connectivity index (χ1n) is 11.7. The molecule has 6 heteroatoms. The third-order valence-corrected chi connectivity index (χ3v) is 7.42. The first kappa shape index (κ1) is 22.6. The summed E-state index contributed by atoms with van der Waals surface area (Å²) in [4.78, 5) is 15.3. The second-order valence-corrected chi connectivity index (χ2v) is 9.70. The predicted octanol–water partition coefficient (Wildman–Crippen LogP) is 5.25. The van der Waals surface area contributed by atoms with Crippen molar-refractivity contribution in [3.63, 3.8) is 0 Å². The van der Waals surface area contributed by atoms with E-state index >= 15 is 0 Å². The van der Waals surface area contributed by atoms with Crippen LogP contribution in [0.25, 0.3) is 11.4 Å². The van der Waals surface area contributed by atoms with Crippen LogP contribution in [0.4, 0.5) is 0 Å². The maximum atomic E-state index is 12.8. The van der Waals surface area contributed by atoms with Gasteiger partial charge in [0.25, 0.3) is 0 Å². The first-order chi connectivity index (χ1) is 16.7. The van der Waals surface area contributed by atoms with Crippen LogP contribution in [0.2, 0.25) is 0 Å². The minimum atomic E-state index is 0.0930. The van der Waals surface area contributed by atoms with E-state index in [1.807, 2.05) is 61.6 Å². The highest BCUT2D eigenvalue weighted by Gasteiger charge is 2.18. The second-order valence-electron chi connectivity index (χ2n) is 8.64. The van der Waals surface area contributed by atoms with Gasteiger partial charge in [-0.1, -0.05) is 84.6 Å². The molecule has 0 N–H and O–H groups in total. The zero-order chi connectivity index (χ0) is 23.3. The van der Waals surface area contributed by atoms with E-state index in [4.69, 9.17) is 0 Å². The van der Waals surface area contributed by atoms with Crippen LogP contribution in [-0.2, 0) is 20.0 Å². The van der Waals surface area contributed by atoms with Crippen molar-refractivity contribution in [3.8, 4) is 11.4 Å². The summed E-state index contributed by atoms with van der Waals surface area (Å²) in [5, 5.41) is 9.72. The summed E-state index contributed by atoms with van der Waals surface area (Å²) in [6.45, 7) is 3.00. The van der Waals surface area contributed by atoms with E-state index in [9.17, 15) is 4.79 Å². The lowest BCUT2D eigenvalue weighted by Crippen LogP contribution is -2.31. The number of ketones is 1. The molecule has 1 aliphatic heterocycles. The van der Waals surface area contributed by atoms with E-state index in [0.29, 0.717) is 0 Å². The van der Waals surface area contributed by atoms with Gasteiger partial charge in [0.2, 0.25) is 0 Å². The molecule has 5 rings (SSSR count). The molecule has 5 nitrogen and oxygen atoms in total. The van der Waals surface area contributed by atoms with Gasteiger partial charge in [-0.15, -0.1) is 10.2 Å². The molecule has 0 fully saturated rings. The Labute approximate surface area is 204 Å². The van der Waals surface area contributed by atoms with Gasteiger partial charge in [-0.2, -0.15) is 0 Å². The molecule has 1 aromatic heterocycles. The lowest BCUT2D eigenvalue weighted by atomic mass is 9.94. The van der Waals surface area contributed by atoms with Crippen molar-refractivity contribution in [1.29, 1.82) is 0 Å². The Morgan fingerprint density at radius 3 is 2.47 bits per heavy atom. The van der Waals surface area contributed by atoms with Crippen LogP contribution < -0.4 is 0 Å². The van der Waals surface area contributed by atoms with Crippen LogP contribution in [0.5, 0.6) is 0 Å². The number of fused-ring (bicyclic) bond motifs is 1. The van der Waals surface area contributed by atoms with E-state index in [0.717, 1.165) is 65.9 Å². The molecule has 0 radical (unpaired) electrons. The number of aromatic nitrogens is 3. The number of rotatable bonds is 8. The highest BCUT2D eigenvalue weighted by molar-refractivity contribution is 7.99. The molecule has 0 aliphatic carbocycles. The zero-order valence-corrected chi connectivity index (χ0v) is 20.2. The lowest BCUT2D eigenvalue weighted by Gasteiger charge is -2.29. The normalized spacial score (nSPS) is 13.6. The Balaban J connectivity index is 1.15. The molecule has 172 valence electrons. The number of nitrogens with zero attached hydrogens (tertiary/aromatic N) is 4. The van der Waals surface area contributed by atoms with Crippen molar-refractivity contribution in [1.82, 2.24) is 19.7 Å². The molecule has 0 amide bonds. The SMILES string of the molecule is Cn1c(SCCCN2CCc3ccc(C(=O)c4ccccc4)cc3C2)nnc1-c1ccccc1. The molecule has 34 heavy (non-hydrogen) atoms. The summed E-state index contributed by atoms with van der Waals surface area (Å²) in [5.41, 5.74) is 5.25. The highest BCUT2D eigenvalue weighted by Crippen LogP contribution is 2.25. The number of carbonyl (C=O) groups excluding carboxylic acids is 1. The summed E-state index contributed by atoms with van der Waals surface area (Å²) in [7, 11) is 2.03. The topological polar surface area (TPSA) is 51.0 Å². The molecule has 0 saturated heterocycles. The molecule has 0 unspecified atom stereocenters. The molecule has 0 bridgehead atoms. The number of thioether (sulfide) groups is 1. The molecule has 4 aromatic rings. The number of benzene rings is 3. The molecular weight excluding hydrogens is 440 g/mol. The molecular formula is C28H28N4OS. The van der Waals surface area contributed by atoms with E-state index in [1.54, 1.807) is 11.8 Å². The summed E-state index contributed by atoms with van der Waals surface area (Å²) >= 11 is 1.76. The third-order valence-electron chi connectivity index (χ3n) is 6.31. The van der Waals surface area contributed by atoms with Gasteiger partial charge in [-0.3, -0.25) is 9.69 Å². The van der Waals surface area contributed by atoms with Gasteiger partial charge in [-0.05, 0) is 36.6 Å². The van der Waals surface area contributed by atoms with Crippen molar-refractivity contribution in [2.45, 2.75) is 24.5 Å². The van der Waals surface area contributed by atoms with Crippen LogP contribution in [0.3, 0.4) is 0 Å². The van der Waals surface area contributed by atoms with E-state index in [1.165, 1.54) is 11.1 Å². The average Bonchev–Trinajstić information content (AvgIpc) is 3.26. The van der Waals surface area contributed by atoms with E-state index in [2.05, 4.69) is 43.9 Å². The zero-order valence-electron chi connectivity index (χ0n) is 19.4. The van der Waals surface area contributed by atoms with E-state index in [-0.39, 0.29) is 5.78 Å². The lowest BCUT2D eigenvalue weighted by molar-refractivity contribution is 0.103. The number of hydrogen-bond acceptors (Lipinski definition) is 5. The fourth-order valence-electron chi connectivity index (χ4n) is 4.43. The number of hydrogen-bond donors (Lipinski definition) is 0. The highest BCUT2D eigenvalue weighted by atomic mass is 32.2. The summed E-state index contributed by atoms with van der Waals surface area (Å²) in [6, 6.07) is 25.9. The van der Waals surface area contributed by atoms with Crippen molar-refractivity contribution in [3.05, 3.63) is 101 Å². The fraction of sp³-hybridized carbons (Fsp3) is 0.250. The third kappa shape index (κ3) is 4.98. The molecule has 2 heterocycles. The quantitative estimate of drug-likeness (QED) is 0.201. The van der Waals surface area contributed by atoms with Crippen molar-refractivity contribution >= 4 is 17.5 Å². The van der Waals surface area contributed by atoms with Gasteiger partial charge in [0.1, 0.15) is 0 Å². The minimum Gasteiger partial charge on any atom is -0.305 e. The maximum Gasteiger partial charge on any atom is 0.193 e. The average molecular weight is 469 g/mol. The monoisotopic (exact) mass is 468 g/mol. The molecule has 1 aliphatic rings. The Morgan fingerprint density at radius 1 is 0.912 bits per heavy atom. The number of carbonyl (C=O) groups is 1.